The smallest absolute Gasteiger partial charge is 0.357 e. The topological polar surface area (TPSA) is 48.4 Å². The van der Waals surface area contributed by atoms with Crippen LogP contribution in [0.5, 0.6) is 0 Å². The molecule has 1 aromatic rings. The lowest BCUT2D eigenvalue weighted by Crippen LogP contribution is -2.08. The third-order valence-electron chi connectivity index (χ3n) is 2.18. The number of rotatable bonds is 5. The number of nitrogens with zero attached hydrogens (tertiary/aromatic N) is 1. The van der Waals surface area contributed by atoms with Gasteiger partial charge < -0.3 is 9.47 Å². The third kappa shape index (κ3) is 3.00. The number of carbonyl (C=O) groups is 1. The minimum absolute atomic E-state index is 0.319. The average molecular weight is 227 g/mol. The number of hydrogen-bond donors (Lipinski definition) is 0. The van der Waals surface area contributed by atoms with E-state index in [0.717, 1.165) is 5.01 Å². The van der Waals surface area contributed by atoms with Crippen LogP contribution in [0, 0.1) is 5.92 Å². The van der Waals surface area contributed by atoms with E-state index in [0.29, 0.717) is 24.8 Å². The van der Waals surface area contributed by atoms with Crippen molar-refractivity contribution in [1.29, 1.82) is 0 Å². The molecule has 0 unspecified atom stereocenters. The minimum atomic E-state index is -0.319. The SMILES string of the molecule is COCc1nc(C(=O)OCC2CC2)cs1. The zero-order chi connectivity index (χ0) is 10.7. The maximum atomic E-state index is 11.5. The molecule has 0 N–H and O–H groups in total. The second-order valence-electron chi connectivity index (χ2n) is 3.60. The van der Waals surface area contributed by atoms with E-state index >= 15 is 0 Å². The molecule has 0 atom stereocenters. The van der Waals surface area contributed by atoms with Gasteiger partial charge in [-0.15, -0.1) is 11.3 Å². The van der Waals surface area contributed by atoms with Crippen molar-refractivity contribution in [3.63, 3.8) is 0 Å². The fourth-order valence-corrected chi connectivity index (χ4v) is 1.88. The molecule has 0 bridgehead atoms. The summed E-state index contributed by atoms with van der Waals surface area (Å²) in [4.78, 5) is 15.6. The molecule has 0 radical (unpaired) electrons. The molecule has 1 aliphatic rings. The van der Waals surface area contributed by atoms with Gasteiger partial charge in [0.2, 0.25) is 0 Å². The van der Waals surface area contributed by atoms with Crippen molar-refractivity contribution in [3.05, 3.63) is 16.1 Å². The van der Waals surface area contributed by atoms with Crippen molar-refractivity contribution in [2.75, 3.05) is 13.7 Å². The normalized spacial score (nSPS) is 15.3. The summed E-state index contributed by atoms with van der Waals surface area (Å²) in [6.07, 6.45) is 2.36. The molecular formula is C10H13NO3S. The van der Waals surface area contributed by atoms with E-state index in [1.807, 2.05) is 0 Å². The Kier molecular flexibility index (Phi) is 3.33. The van der Waals surface area contributed by atoms with Crippen molar-refractivity contribution in [1.82, 2.24) is 4.98 Å². The molecule has 0 aromatic carbocycles. The van der Waals surface area contributed by atoms with Crippen molar-refractivity contribution < 1.29 is 14.3 Å². The first-order chi connectivity index (χ1) is 7.29. The number of hydrogen-bond acceptors (Lipinski definition) is 5. The Morgan fingerprint density at radius 2 is 2.47 bits per heavy atom. The van der Waals surface area contributed by atoms with Crippen LogP contribution in [0.1, 0.15) is 28.3 Å². The summed E-state index contributed by atoms with van der Waals surface area (Å²) in [7, 11) is 1.60. The van der Waals surface area contributed by atoms with Gasteiger partial charge in [0.05, 0.1) is 13.2 Å². The lowest BCUT2D eigenvalue weighted by molar-refractivity contribution is 0.0479. The number of ether oxygens (including phenoxy) is 2. The molecule has 0 spiro atoms. The fourth-order valence-electron chi connectivity index (χ4n) is 1.15. The number of aromatic nitrogens is 1. The van der Waals surface area contributed by atoms with Crippen LogP contribution in [0.25, 0.3) is 0 Å². The lowest BCUT2D eigenvalue weighted by Gasteiger charge is -1.99. The van der Waals surface area contributed by atoms with E-state index in [1.165, 1.54) is 24.2 Å². The zero-order valence-electron chi connectivity index (χ0n) is 8.56. The number of methoxy groups -OCH3 is 1. The highest BCUT2D eigenvalue weighted by Gasteiger charge is 2.23. The molecule has 1 heterocycles. The van der Waals surface area contributed by atoms with Crippen LogP contribution in [-0.4, -0.2) is 24.7 Å². The molecule has 82 valence electrons. The second kappa shape index (κ2) is 4.72. The van der Waals surface area contributed by atoms with Gasteiger partial charge in [0.25, 0.3) is 0 Å². The average Bonchev–Trinajstić information content (AvgIpc) is 2.94. The van der Waals surface area contributed by atoms with Crippen LogP contribution in [0.4, 0.5) is 0 Å². The van der Waals surface area contributed by atoms with Gasteiger partial charge in [-0.2, -0.15) is 0 Å². The van der Waals surface area contributed by atoms with Gasteiger partial charge in [0.15, 0.2) is 5.69 Å². The van der Waals surface area contributed by atoms with Gasteiger partial charge in [-0.3, -0.25) is 0 Å². The van der Waals surface area contributed by atoms with Gasteiger partial charge >= 0.3 is 5.97 Å². The Bertz CT molecular complexity index is 346. The molecule has 0 amide bonds. The predicted molar refractivity (Wildman–Crippen MR) is 55.8 cm³/mol. The summed E-state index contributed by atoms with van der Waals surface area (Å²) < 4.78 is 10.0. The van der Waals surface area contributed by atoms with E-state index in [-0.39, 0.29) is 5.97 Å². The molecule has 0 saturated heterocycles. The first kappa shape index (κ1) is 10.6. The van der Waals surface area contributed by atoms with Crippen LogP contribution < -0.4 is 0 Å². The maximum Gasteiger partial charge on any atom is 0.357 e. The molecule has 1 fully saturated rings. The molecule has 2 rings (SSSR count). The number of esters is 1. The van der Waals surface area contributed by atoms with Crippen LogP contribution in [-0.2, 0) is 16.1 Å². The van der Waals surface area contributed by atoms with Crippen LogP contribution in [0.2, 0.25) is 0 Å². The van der Waals surface area contributed by atoms with Gasteiger partial charge in [0, 0.05) is 12.5 Å². The van der Waals surface area contributed by atoms with E-state index in [2.05, 4.69) is 4.98 Å². The zero-order valence-corrected chi connectivity index (χ0v) is 9.38. The summed E-state index contributed by atoms with van der Waals surface area (Å²) in [5.74, 6) is 0.270. The largest absolute Gasteiger partial charge is 0.461 e. The molecule has 4 nitrogen and oxygen atoms in total. The lowest BCUT2D eigenvalue weighted by atomic mass is 10.4. The number of carbonyl (C=O) groups excluding carboxylic acids is 1. The molecular weight excluding hydrogens is 214 g/mol. The molecule has 1 aromatic heterocycles. The molecule has 1 aliphatic carbocycles. The predicted octanol–water partition coefficient (Wildman–Crippen LogP) is 1.86. The first-order valence-electron chi connectivity index (χ1n) is 4.90. The number of thiazole rings is 1. The van der Waals surface area contributed by atoms with Crippen LogP contribution >= 0.6 is 11.3 Å². The third-order valence-corrected chi connectivity index (χ3v) is 3.00. The van der Waals surface area contributed by atoms with E-state index in [4.69, 9.17) is 9.47 Å². The van der Waals surface area contributed by atoms with E-state index in [9.17, 15) is 4.79 Å². The minimum Gasteiger partial charge on any atom is -0.461 e. The monoisotopic (exact) mass is 227 g/mol. The van der Waals surface area contributed by atoms with Crippen molar-refractivity contribution >= 4 is 17.3 Å². The second-order valence-corrected chi connectivity index (χ2v) is 4.54. The summed E-state index contributed by atoms with van der Waals surface area (Å²) in [6.45, 7) is 0.983. The van der Waals surface area contributed by atoms with E-state index < -0.39 is 0 Å². The van der Waals surface area contributed by atoms with Gasteiger partial charge in [0.1, 0.15) is 5.01 Å². The summed E-state index contributed by atoms with van der Waals surface area (Å²) >= 11 is 1.42. The van der Waals surface area contributed by atoms with Crippen molar-refractivity contribution in [2.24, 2.45) is 5.92 Å². The summed E-state index contributed by atoms with van der Waals surface area (Å²) in [6, 6.07) is 0. The van der Waals surface area contributed by atoms with E-state index in [1.54, 1.807) is 12.5 Å². The molecule has 1 saturated carbocycles. The highest BCUT2D eigenvalue weighted by Crippen LogP contribution is 2.29. The Balaban J connectivity index is 1.86. The van der Waals surface area contributed by atoms with Crippen LogP contribution in [0.15, 0.2) is 5.38 Å². The van der Waals surface area contributed by atoms with Gasteiger partial charge in [-0.1, -0.05) is 0 Å². The highest BCUT2D eigenvalue weighted by atomic mass is 32.1. The fraction of sp³-hybridized carbons (Fsp3) is 0.600. The van der Waals surface area contributed by atoms with Crippen LogP contribution in [0.3, 0.4) is 0 Å². The summed E-state index contributed by atoms with van der Waals surface area (Å²) in [5.41, 5.74) is 0.396. The molecule has 15 heavy (non-hydrogen) atoms. The first-order valence-corrected chi connectivity index (χ1v) is 5.78. The van der Waals surface area contributed by atoms with Crippen molar-refractivity contribution in [2.45, 2.75) is 19.4 Å². The Hall–Kier alpha value is -0.940. The Labute approximate surface area is 92.2 Å². The Morgan fingerprint density at radius 1 is 1.67 bits per heavy atom. The van der Waals surface area contributed by atoms with Gasteiger partial charge in [-0.05, 0) is 18.8 Å². The standard InChI is InChI=1S/C10H13NO3S/c1-13-5-9-11-8(6-15-9)10(12)14-4-7-2-3-7/h6-7H,2-5H2,1H3. The highest BCUT2D eigenvalue weighted by molar-refractivity contribution is 7.09. The van der Waals surface area contributed by atoms with Gasteiger partial charge in [-0.25, -0.2) is 9.78 Å². The summed E-state index contributed by atoms with van der Waals surface area (Å²) in [5, 5.41) is 2.51. The quantitative estimate of drug-likeness (QED) is 0.720. The maximum absolute atomic E-state index is 11.5. The molecule has 5 heteroatoms. The molecule has 0 aliphatic heterocycles. The van der Waals surface area contributed by atoms with Crippen molar-refractivity contribution in [3.8, 4) is 0 Å². The Morgan fingerprint density at radius 3 is 3.13 bits per heavy atom.